The maximum absolute atomic E-state index is 14.0. The lowest BCUT2D eigenvalue weighted by atomic mass is 9.94. The number of nitrogens with zero attached hydrogens (tertiary/aromatic N) is 4. The molecule has 0 aliphatic heterocycles. The molecule has 2 amide bonds. The lowest BCUT2D eigenvalue weighted by Crippen LogP contribution is -2.47. The highest BCUT2D eigenvalue weighted by Gasteiger charge is 2.33. The number of methoxy groups -OCH3 is 1. The van der Waals surface area contributed by atoms with E-state index in [1.165, 1.54) is 12.1 Å². The van der Waals surface area contributed by atoms with E-state index in [-0.39, 0.29) is 30.9 Å². The van der Waals surface area contributed by atoms with Gasteiger partial charge in [0.1, 0.15) is 29.7 Å². The van der Waals surface area contributed by atoms with E-state index in [4.69, 9.17) is 4.74 Å². The maximum atomic E-state index is 14.0. The summed E-state index contributed by atoms with van der Waals surface area (Å²) in [6, 6.07) is 19.6. The number of fused-ring (bicyclic) bond motifs is 1. The number of ether oxygens (including phenoxy) is 1. The highest BCUT2D eigenvalue weighted by Crippen LogP contribution is 2.27. The van der Waals surface area contributed by atoms with Crippen molar-refractivity contribution in [1.82, 2.24) is 25.2 Å². The fourth-order valence-corrected chi connectivity index (χ4v) is 5.15. The molecule has 0 unspecified atom stereocenters. The number of hydrogen-bond acceptors (Lipinski definition) is 5. The molecule has 1 saturated carbocycles. The van der Waals surface area contributed by atoms with Crippen LogP contribution in [0.25, 0.3) is 11.0 Å². The molecule has 39 heavy (non-hydrogen) atoms. The first-order valence-corrected chi connectivity index (χ1v) is 13.3. The van der Waals surface area contributed by atoms with Crippen molar-refractivity contribution in [2.75, 3.05) is 7.11 Å². The van der Waals surface area contributed by atoms with Crippen LogP contribution in [-0.2, 0) is 22.7 Å². The number of amides is 2. The zero-order valence-corrected chi connectivity index (χ0v) is 21.9. The molecule has 1 atom stereocenters. The lowest BCUT2D eigenvalue weighted by molar-refractivity contribution is -0.142. The van der Waals surface area contributed by atoms with Gasteiger partial charge in [0.2, 0.25) is 11.8 Å². The second-order valence-electron chi connectivity index (χ2n) is 9.90. The molecule has 202 valence electrons. The zero-order valence-electron chi connectivity index (χ0n) is 21.9. The van der Waals surface area contributed by atoms with Crippen molar-refractivity contribution in [3.8, 4) is 5.75 Å². The summed E-state index contributed by atoms with van der Waals surface area (Å²) in [4.78, 5) is 29.5. The van der Waals surface area contributed by atoms with E-state index in [0.717, 1.165) is 43.2 Å². The summed E-state index contributed by atoms with van der Waals surface area (Å²) in [5.74, 6) is -0.309. The van der Waals surface area contributed by atoms with Gasteiger partial charge < -0.3 is 15.0 Å². The number of benzene rings is 3. The number of rotatable bonds is 9. The number of para-hydroxylation sites is 1. The van der Waals surface area contributed by atoms with Crippen LogP contribution in [0.4, 0.5) is 4.39 Å². The van der Waals surface area contributed by atoms with Gasteiger partial charge in [-0.3, -0.25) is 9.59 Å². The van der Waals surface area contributed by atoms with Crippen molar-refractivity contribution in [2.24, 2.45) is 0 Å². The normalized spacial score (nSPS) is 14.6. The Morgan fingerprint density at radius 1 is 1.03 bits per heavy atom. The van der Waals surface area contributed by atoms with Crippen molar-refractivity contribution in [1.29, 1.82) is 0 Å². The van der Waals surface area contributed by atoms with Crippen molar-refractivity contribution in [2.45, 2.75) is 57.3 Å². The molecule has 0 bridgehead atoms. The quantitative estimate of drug-likeness (QED) is 0.337. The Labute approximate surface area is 226 Å². The molecule has 5 rings (SSSR count). The monoisotopic (exact) mass is 529 g/mol. The van der Waals surface area contributed by atoms with Gasteiger partial charge in [0, 0.05) is 12.6 Å². The fourth-order valence-electron chi connectivity index (χ4n) is 5.15. The molecule has 1 aliphatic carbocycles. The summed E-state index contributed by atoms with van der Waals surface area (Å²) in [5, 5.41) is 11.5. The van der Waals surface area contributed by atoms with E-state index >= 15 is 0 Å². The third kappa shape index (κ3) is 6.25. The Kier molecular flexibility index (Phi) is 8.15. The Balaban J connectivity index is 1.51. The molecule has 8 nitrogen and oxygen atoms in total. The molecular weight excluding hydrogens is 497 g/mol. The number of carbonyl (C=O) groups is 2. The van der Waals surface area contributed by atoms with Gasteiger partial charge in [-0.2, -0.15) is 0 Å². The molecule has 9 heteroatoms. The first-order valence-electron chi connectivity index (χ1n) is 13.3. The van der Waals surface area contributed by atoms with Crippen molar-refractivity contribution < 1.29 is 18.7 Å². The average Bonchev–Trinajstić information content (AvgIpc) is 3.37. The molecule has 1 aromatic heterocycles. The SMILES string of the molecule is COc1ccc(CN(C(=O)Cn2nnc3ccccc32)[C@@H](C(=O)NC2CCCCC2)c2ccc(F)cc2)cc1. The third-order valence-electron chi connectivity index (χ3n) is 7.23. The Morgan fingerprint density at radius 3 is 2.46 bits per heavy atom. The van der Waals surface area contributed by atoms with Crippen molar-refractivity contribution in [3.05, 3.63) is 89.7 Å². The van der Waals surface area contributed by atoms with Gasteiger partial charge in [-0.1, -0.05) is 60.9 Å². The number of hydrogen-bond donors (Lipinski definition) is 1. The Morgan fingerprint density at radius 2 is 1.74 bits per heavy atom. The zero-order chi connectivity index (χ0) is 27.2. The number of nitrogens with one attached hydrogen (secondary N) is 1. The molecule has 0 spiro atoms. The van der Waals surface area contributed by atoms with E-state index in [1.807, 2.05) is 48.5 Å². The van der Waals surface area contributed by atoms with Crippen LogP contribution in [0.2, 0.25) is 0 Å². The van der Waals surface area contributed by atoms with E-state index in [0.29, 0.717) is 16.8 Å². The molecule has 0 radical (unpaired) electrons. The van der Waals surface area contributed by atoms with Crippen LogP contribution >= 0.6 is 0 Å². The minimum Gasteiger partial charge on any atom is -0.497 e. The minimum absolute atomic E-state index is 0.0476. The molecule has 1 heterocycles. The lowest BCUT2D eigenvalue weighted by Gasteiger charge is -2.33. The van der Waals surface area contributed by atoms with Gasteiger partial charge in [0.05, 0.1) is 12.6 Å². The summed E-state index contributed by atoms with van der Waals surface area (Å²) in [6.07, 6.45) is 5.07. The Hall–Kier alpha value is -4.27. The molecule has 4 aromatic rings. The summed E-state index contributed by atoms with van der Waals surface area (Å²) in [5.41, 5.74) is 2.76. The second kappa shape index (κ2) is 12.1. The molecular formula is C30H32FN5O3. The number of halogens is 1. The fraction of sp³-hybridized carbons (Fsp3) is 0.333. The highest BCUT2D eigenvalue weighted by atomic mass is 19.1. The van der Waals surface area contributed by atoms with Gasteiger partial charge in [-0.05, 0) is 60.4 Å². The summed E-state index contributed by atoms with van der Waals surface area (Å²) >= 11 is 0. The van der Waals surface area contributed by atoms with Gasteiger partial charge in [0.15, 0.2) is 0 Å². The molecule has 3 aromatic carbocycles. The van der Waals surface area contributed by atoms with Crippen LogP contribution in [0, 0.1) is 5.82 Å². The number of aromatic nitrogens is 3. The van der Waals surface area contributed by atoms with Gasteiger partial charge in [-0.15, -0.1) is 5.10 Å². The first-order chi connectivity index (χ1) is 19.0. The second-order valence-corrected chi connectivity index (χ2v) is 9.90. The van der Waals surface area contributed by atoms with Gasteiger partial charge in [-0.25, -0.2) is 9.07 Å². The summed E-state index contributed by atoms with van der Waals surface area (Å²) in [7, 11) is 1.59. The molecule has 0 saturated heterocycles. The minimum atomic E-state index is -0.961. The van der Waals surface area contributed by atoms with E-state index in [2.05, 4.69) is 15.6 Å². The third-order valence-corrected chi connectivity index (χ3v) is 7.23. The molecule has 1 fully saturated rings. The van der Waals surface area contributed by atoms with E-state index in [9.17, 15) is 14.0 Å². The standard InChI is InChI=1S/C30H32FN5O3/c1-39-25-17-11-21(12-18-25)19-35(28(37)20-36-27-10-6-5-9-26(27)33-34-36)29(22-13-15-23(31)16-14-22)30(38)32-24-7-3-2-4-8-24/h5-6,9-18,24,29H,2-4,7-8,19-20H2,1H3,(H,32,38)/t29-/m1/s1. The van der Waals surface area contributed by atoms with E-state index < -0.39 is 11.9 Å². The molecule has 1 N–H and O–H groups in total. The number of carbonyl (C=O) groups excluding carboxylic acids is 2. The van der Waals surface area contributed by atoms with Gasteiger partial charge >= 0.3 is 0 Å². The average molecular weight is 530 g/mol. The highest BCUT2D eigenvalue weighted by molar-refractivity contribution is 5.89. The van der Waals surface area contributed by atoms with Crippen LogP contribution in [0.5, 0.6) is 5.75 Å². The predicted octanol–water partition coefficient (Wildman–Crippen LogP) is 4.80. The van der Waals surface area contributed by atoms with Crippen LogP contribution in [0.15, 0.2) is 72.8 Å². The van der Waals surface area contributed by atoms with Crippen LogP contribution in [0.3, 0.4) is 0 Å². The predicted molar refractivity (Wildman–Crippen MR) is 145 cm³/mol. The van der Waals surface area contributed by atoms with Crippen LogP contribution < -0.4 is 10.1 Å². The van der Waals surface area contributed by atoms with Gasteiger partial charge in [0.25, 0.3) is 0 Å². The summed E-state index contributed by atoms with van der Waals surface area (Å²) in [6.45, 7) is 0.0562. The van der Waals surface area contributed by atoms with E-state index in [1.54, 1.807) is 28.8 Å². The largest absolute Gasteiger partial charge is 0.497 e. The van der Waals surface area contributed by atoms with Crippen molar-refractivity contribution in [3.63, 3.8) is 0 Å². The first kappa shape index (κ1) is 26.3. The van der Waals surface area contributed by atoms with Crippen LogP contribution in [-0.4, -0.2) is 44.9 Å². The molecule has 1 aliphatic rings. The van der Waals surface area contributed by atoms with Crippen molar-refractivity contribution >= 4 is 22.8 Å². The smallest absolute Gasteiger partial charge is 0.247 e. The maximum Gasteiger partial charge on any atom is 0.247 e. The van der Waals surface area contributed by atoms with Crippen LogP contribution in [0.1, 0.15) is 49.3 Å². The summed E-state index contributed by atoms with van der Waals surface area (Å²) < 4.78 is 20.7. The Bertz CT molecular complexity index is 1410. The topological polar surface area (TPSA) is 89.3 Å².